The fraction of sp³-hybridized carbons (Fsp3) is 0.400. The van der Waals surface area contributed by atoms with Crippen LogP contribution in [0.15, 0.2) is 30.3 Å². The van der Waals surface area contributed by atoms with Crippen LogP contribution in [0.4, 0.5) is 30.4 Å². The van der Waals surface area contributed by atoms with Crippen LogP contribution in [0, 0.1) is 12.8 Å². The van der Waals surface area contributed by atoms with Crippen molar-refractivity contribution in [2.24, 2.45) is 5.92 Å². The average Bonchev–Trinajstić information content (AvgIpc) is 3.32. The van der Waals surface area contributed by atoms with Crippen LogP contribution in [-0.2, 0) is 15.7 Å². The minimum atomic E-state index is -4.51. The maximum atomic E-state index is 13.3. The highest BCUT2D eigenvalue weighted by Crippen LogP contribution is 2.39. The smallest absolute Gasteiger partial charge is 0.416 e. The number of nitrogens with zero attached hydrogens (tertiary/aromatic N) is 3. The van der Waals surface area contributed by atoms with Gasteiger partial charge in [-0.1, -0.05) is 0 Å². The number of amides is 1. The van der Waals surface area contributed by atoms with Gasteiger partial charge in [0.25, 0.3) is 5.91 Å². The largest absolute Gasteiger partial charge is 0.481 e. The van der Waals surface area contributed by atoms with Crippen LogP contribution in [0.3, 0.4) is 0 Å². The van der Waals surface area contributed by atoms with Crippen LogP contribution < -0.4 is 20.7 Å². The standard InChI is InChI=1S/C25H26F3N5O3/c1-13(16-5-17(25(26,27)28)7-18(29)6-16)30-24-19-8-21-22(9-20(19)31-14(2)32-24)36-12-23(34)33(21)10-15-3-4-35-11-15/h5-9,13,15H,3-4,10-12,29H2,1-2H3,(H,30,31,32)/t13-,15+/m1/s1. The fourth-order valence-electron chi connectivity index (χ4n) is 4.61. The van der Waals surface area contributed by atoms with Crippen molar-refractivity contribution in [3.8, 4) is 5.75 Å². The van der Waals surface area contributed by atoms with Crippen LogP contribution >= 0.6 is 0 Å². The molecule has 5 rings (SSSR count). The topological polar surface area (TPSA) is 103 Å². The molecule has 2 atom stereocenters. The molecule has 0 radical (unpaired) electrons. The number of rotatable bonds is 5. The van der Waals surface area contributed by atoms with Crippen LogP contribution in [0.1, 0.15) is 36.3 Å². The van der Waals surface area contributed by atoms with Gasteiger partial charge < -0.3 is 25.4 Å². The first kappa shape index (κ1) is 24.1. The van der Waals surface area contributed by atoms with E-state index in [0.717, 1.165) is 18.6 Å². The maximum absolute atomic E-state index is 13.3. The molecule has 0 bridgehead atoms. The van der Waals surface area contributed by atoms with Crippen molar-refractivity contribution in [2.45, 2.75) is 32.5 Å². The summed E-state index contributed by atoms with van der Waals surface area (Å²) in [4.78, 5) is 23.5. The number of nitrogens with two attached hydrogens (primary N) is 1. The molecule has 8 nitrogen and oxygen atoms in total. The quantitative estimate of drug-likeness (QED) is 0.497. The molecule has 3 aromatic rings. The molecule has 0 spiro atoms. The lowest BCUT2D eigenvalue weighted by Crippen LogP contribution is -2.41. The monoisotopic (exact) mass is 501 g/mol. The number of aromatic nitrogens is 2. The minimum absolute atomic E-state index is 0.0217. The maximum Gasteiger partial charge on any atom is 0.416 e. The lowest BCUT2D eigenvalue weighted by molar-refractivity contribution is -0.137. The Morgan fingerprint density at radius 3 is 2.75 bits per heavy atom. The summed E-state index contributed by atoms with van der Waals surface area (Å²) < 4.78 is 51.1. The van der Waals surface area contributed by atoms with E-state index in [2.05, 4.69) is 15.3 Å². The Morgan fingerprint density at radius 2 is 2.03 bits per heavy atom. The second kappa shape index (κ2) is 9.12. The van der Waals surface area contributed by atoms with Crippen molar-refractivity contribution in [1.29, 1.82) is 0 Å². The average molecular weight is 502 g/mol. The van der Waals surface area contributed by atoms with E-state index in [0.29, 0.717) is 59.3 Å². The lowest BCUT2D eigenvalue weighted by Gasteiger charge is -2.31. The molecule has 1 saturated heterocycles. The Hall–Kier alpha value is -3.60. The summed E-state index contributed by atoms with van der Waals surface area (Å²) in [5, 5.41) is 3.84. The van der Waals surface area contributed by atoms with E-state index in [9.17, 15) is 18.0 Å². The molecule has 2 aromatic carbocycles. The molecule has 1 fully saturated rings. The number of nitrogens with one attached hydrogen (secondary N) is 1. The molecule has 11 heteroatoms. The van der Waals surface area contributed by atoms with Crippen molar-refractivity contribution < 1.29 is 27.4 Å². The molecule has 3 N–H and O–H groups in total. The van der Waals surface area contributed by atoms with E-state index in [1.54, 1.807) is 30.9 Å². The van der Waals surface area contributed by atoms with Gasteiger partial charge in [0.05, 0.1) is 29.4 Å². The number of alkyl halides is 3. The molecule has 190 valence electrons. The molecule has 0 aliphatic carbocycles. The number of benzene rings is 2. The number of halogens is 3. The Labute approximate surface area is 205 Å². The summed E-state index contributed by atoms with van der Waals surface area (Å²) >= 11 is 0. The van der Waals surface area contributed by atoms with Gasteiger partial charge in [0.2, 0.25) is 0 Å². The summed E-state index contributed by atoms with van der Waals surface area (Å²) in [6.07, 6.45) is -3.64. The highest BCUT2D eigenvalue weighted by molar-refractivity contribution is 6.02. The summed E-state index contributed by atoms with van der Waals surface area (Å²) in [5.41, 5.74) is 6.54. The van der Waals surface area contributed by atoms with Crippen LogP contribution in [0.2, 0.25) is 0 Å². The van der Waals surface area contributed by atoms with Crippen molar-refractivity contribution >= 4 is 34.0 Å². The number of carbonyl (C=O) groups is 1. The number of anilines is 3. The van der Waals surface area contributed by atoms with Gasteiger partial charge >= 0.3 is 6.18 Å². The molecular formula is C25H26F3N5O3. The van der Waals surface area contributed by atoms with E-state index in [4.69, 9.17) is 15.2 Å². The summed E-state index contributed by atoms with van der Waals surface area (Å²) in [6.45, 7) is 5.18. The predicted molar refractivity (Wildman–Crippen MR) is 129 cm³/mol. The van der Waals surface area contributed by atoms with Crippen molar-refractivity contribution in [2.75, 3.05) is 42.3 Å². The summed E-state index contributed by atoms with van der Waals surface area (Å²) in [6, 6.07) is 6.50. The van der Waals surface area contributed by atoms with Gasteiger partial charge in [-0.3, -0.25) is 4.79 Å². The SMILES string of the molecule is Cc1nc(N[C@H](C)c2cc(N)cc(C(F)(F)F)c2)c2cc3c(cc2n1)OCC(=O)N3C[C@@H]1CCOC1. The van der Waals surface area contributed by atoms with Gasteiger partial charge in [-0.25, -0.2) is 9.97 Å². The number of aryl methyl sites for hydroxylation is 1. The second-order valence-corrected chi connectivity index (χ2v) is 9.23. The van der Waals surface area contributed by atoms with Crippen molar-refractivity contribution in [3.05, 3.63) is 47.3 Å². The second-order valence-electron chi connectivity index (χ2n) is 9.23. The van der Waals surface area contributed by atoms with Gasteiger partial charge in [-0.15, -0.1) is 0 Å². The first-order chi connectivity index (χ1) is 17.1. The zero-order valence-corrected chi connectivity index (χ0v) is 19.9. The third-order valence-electron chi connectivity index (χ3n) is 6.45. The molecule has 2 aliphatic heterocycles. The van der Waals surface area contributed by atoms with E-state index in [-0.39, 0.29) is 24.1 Å². The third-order valence-corrected chi connectivity index (χ3v) is 6.45. The third kappa shape index (κ3) is 4.75. The Morgan fingerprint density at radius 1 is 1.22 bits per heavy atom. The van der Waals surface area contributed by atoms with Gasteiger partial charge in [0.15, 0.2) is 6.61 Å². The fourth-order valence-corrected chi connectivity index (χ4v) is 4.61. The minimum Gasteiger partial charge on any atom is -0.481 e. The molecule has 1 amide bonds. The molecule has 3 heterocycles. The van der Waals surface area contributed by atoms with E-state index in [1.807, 2.05) is 0 Å². The van der Waals surface area contributed by atoms with Gasteiger partial charge in [-0.2, -0.15) is 13.2 Å². The Balaban J connectivity index is 1.53. The predicted octanol–water partition coefficient (Wildman–Crippen LogP) is 4.47. The summed E-state index contributed by atoms with van der Waals surface area (Å²) in [7, 11) is 0. The first-order valence-corrected chi connectivity index (χ1v) is 11.7. The van der Waals surface area contributed by atoms with Gasteiger partial charge in [-0.05, 0) is 50.1 Å². The number of hydrogen-bond acceptors (Lipinski definition) is 7. The molecule has 2 aliphatic rings. The van der Waals surface area contributed by atoms with Crippen molar-refractivity contribution in [1.82, 2.24) is 9.97 Å². The normalized spacial score (nSPS) is 18.8. The molecule has 0 unspecified atom stereocenters. The number of hydrogen-bond donors (Lipinski definition) is 2. The summed E-state index contributed by atoms with van der Waals surface area (Å²) in [5.74, 6) is 1.54. The molecule has 1 aromatic heterocycles. The number of carbonyl (C=O) groups excluding carboxylic acids is 1. The Kier molecular flexibility index (Phi) is 6.11. The van der Waals surface area contributed by atoms with Crippen LogP contribution in [0.25, 0.3) is 10.9 Å². The molecular weight excluding hydrogens is 475 g/mol. The van der Waals surface area contributed by atoms with Gasteiger partial charge in [0.1, 0.15) is 17.4 Å². The van der Waals surface area contributed by atoms with Crippen molar-refractivity contribution in [3.63, 3.8) is 0 Å². The first-order valence-electron chi connectivity index (χ1n) is 11.7. The lowest BCUT2D eigenvalue weighted by atomic mass is 10.0. The molecule has 0 saturated carbocycles. The highest BCUT2D eigenvalue weighted by atomic mass is 19.4. The van der Waals surface area contributed by atoms with Crippen LogP contribution in [-0.4, -0.2) is 42.2 Å². The number of nitrogen functional groups attached to an aromatic ring is 1. The zero-order chi connectivity index (χ0) is 25.6. The number of ether oxygens (including phenoxy) is 2. The zero-order valence-electron chi connectivity index (χ0n) is 19.9. The van der Waals surface area contributed by atoms with E-state index < -0.39 is 17.8 Å². The molecule has 36 heavy (non-hydrogen) atoms. The van der Waals surface area contributed by atoms with E-state index >= 15 is 0 Å². The van der Waals surface area contributed by atoms with Crippen LogP contribution in [0.5, 0.6) is 5.75 Å². The number of fused-ring (bicyclic) bond motifs is 2. The van der Waals surface area contributed by atoms with Gasteiger partial charge in [0, 0.05) is 36.2 Å². The van der Waals surface area contributed by atoms with E-state index in [1.165, 1.54) is 6.07 Å². The highest BCUT2D eigenvalue weighted by Gasteiger charge is 2.32. The Bertz CT molecular complexity index is 1320.